The van der Waals surface area contributed by atoms with Gasteiger partial charge in [-0.05, 0) is 25.0 Å². The van der Waals surface area contributed by atoms with Crippen molar-refractivity contribution in [2.45, 2.75) is 24.9 Å². The molecule has 1 fully saturated rings. The second kappa shape index (κ2) is 4.19. The van der Waals surface area contributed by atoms with E-state index in [2.05, 4.69) is 4.98 Å². The molecule has 2 aromatic rings. The van der Waals surface area contributed by atoms with Gasteiger partial charge in [0.15, 0.2) is 5.82 Å². The highest BCUT2D eigenvalue weighted by molar-refractivity contribution is 5.95. The van der Waals surface area contributed by atoms with Gasteiger partial charge in [-0.25, -0.2) is 9.37 Å². The number of anilines is 1. The number of halogens is 4. The van der Waals surface area contributed by atoms with Crippen molar-refractivity contribution in [3.63, 3.8) is 0 Å². The summed E-state index contributed by atoms with van der Waals surface area (Å²) >= 11 is 0. The molecule has 0 radical (unpaired) electrons. The van der Waals surface area contributed by atoms with Crippen LogP contribution in [0.4, 0.5) is 23.4 Å². The molecule has 1 aliphatic carbocycles. The highest BCUT2D eigenvalue weighted by Gasteiger charge is 2.40. The molecule has 4 nitrogen and oxygen atoms in total. The Kier molecular flexibility index (Phi) is 2.70. The lowest BCUT2D eigenvalue weighted by atomic mass is 10.3. The summed E-state index contributed by atoms with van der Waals surface area (Å²) in [5.74, 6) is -2.76. The van der Waals surface area contributed by atoms with E-state index in [-0.39, 0.29) is 11.7 Å². The molecule has 106 valence electrons. The Bertz CT molecular complexity index is 688. The largest absolute Gasteiger partial charge is 0.471 e. The Hall–Kier alpha value is -2.12. The van der Waals surface area contributed by atoms with Crippen LogP contribution in [-0.4, -0.2) is 21.5 Å². The Balaban J connectivity index is 2.06. The predicted octanol–water partition coefficient (Wildman–Crippen LogP) is 2.85. The topological polar surface area (TPSA) is 46.4 Å². The highest BCUT2D eigenvalue weighted by Crippen LogP contribution is 2.43. The molecular weight excluding hydrogens is 278 g/mol. The first-order chi connectivity index (χ1) is 9.36. The van der Waals surface area contributed by atoms with Crippen LogP contribution < -0.4 is 5.32 Å². The number of fused-ring (bicyclic) bond motifs is 1. The van der Waals surface area contributed by atoms with Crippen molar-refractivity contribution < 1.29 is 22.4 Å². The molecule has 2 aromatic heterocycles. The normalized spacial score (nSPS) is 15.6. The van der Waals surface area contributed by atoms with Gasteiger partial charge in [0.05, 0.1) is 5.69 Å². The molecule has 0 aromatic carbocycles. The van der Waals surface area contributed by atoms with Gasteiger partial charge in [0.1, 0.15) is 11.5 Å². The lowest BCUT2D eigenvalue weighted by Gasteiger charge is -2.07. The fraction of sp³-hybridized carbons (Fsp3) is 0.333. The molecule has 1 N–H and O–H groups in total. The third-order valence-corrected chi connectivity index (χ3v) is 3.07. The molecule has 0 atom stereocenters. The van der Waals surface area contributed by atoms with E-state index >= 15 is 0 Å². The Morgan fingerprint density at radius 3 is 2.65 bits per heavy atom. The Labute approximate surface area is 110 Å². The van der Waals surface area contributed by atoms with Crippen LogP contribution in [0.25, 0.3) is 5.65 Å². The standard InChI is InChI=1S/C12H9F4N3O/c13-7-3-4-8-17-10(18-11(20)12(14,15)16)9(6-1-2-6)19(8)5-7/h3-6H,1-2H2,(H,18,20). The van der Waals surface area contributed by atoms with Crippen molar-refractivity contribution in [3.05, 3.63) is 29.8 Å². The van der Waals surface area contributed by atoms with Gasteiger partial charge in [-0.2, -0.15) is 13.2 Å². The average Bonchev–Trinajstić information content (AvgIpc) is 3.11. The van der Waals surface area contributed by atoms with Crippen LogP contribution in [0, 0.1) is 5.82 Å². The second-order valence-electron chi connectivity index (χ2n) is 4.65. The summed E-state index contributed by atoms with van der Waals surface area (Å²) < 4.78 is 51.5. The number of nitrogens with one attached hydrogen (secondary N) is 1. The van der Waals surface area contributed by atoms with Gasteiger partial charge >= 0.3 is 12.1 Å². The lowest BCUT2D eigenvalue weighted by Crippen LogP contribution is -2.30. The Morgan fingerprint density at radius 1 is 1.35 bits per heavy atom. The molecule has 1 amide bonds. The van der Waals surface area contributed by atoms with Gasteiger partial charge in [0.25, 0.3) is 0 Å². The second-order valence-corrected chi connectivity index (χ2v) is 4.65. The number of hydrogen-bond donors (Lipinski definition) is 1. The maximum atomic E-state index is 13.2. The van der Waals surface area contributed by atoms with E-state index in [4.69, 9.17) is 0 Å². The molecule has 1 saturated carbocycles. The van der Waals surface area contributed by atoms with E-state index in [1.165, 1.54) is 10.5 Å². The van der Waals surface area contributed by atoms with Gasteiger partial charge in [0, 0.05) is 12.1 Å². The number of nitrogens with zero attached hydrogens (tertiary/aromatic N) is 2. The molecule has 0 unspecified atom stereocenters. The fourth-order valence-corrected chi connectivity index (χ4v) is 2.05. The maximum Gasteiger partial charge on any atom is 0.471 e. The Morgan fingerprint density at radius 2 is 2.05 bits per heavy atom. The lowest BCUT2D eigenvalue weighted by molar-refractivity contribution is -0.167. The van der Waals surface area contributed by atoms with Crippen LogP contribution in [0.2, 0.25) is 0 Å². The number of amides is 1. The number of pyridine rings is 1. The van der Waals surface area contributed by atoms with Crippen LogP contribution in [0.5, 0.6) is 0 Å². The monoisotopic (exact) mass is 287 g/mol. The van der Waals surface area contributed by atoms with Gasteiger partial charge in [-0.15, -0.1) is 0 Å². The smallest absolute Gasteiger partial charge is 0.301 e. The number of imidazole rings is 1. The number of alkyl halides is 3. The summed E-state index contributed by atoms with van der Waals surface area (Å²) in [5.41, 5.74) is 0.711. The van der Waals surface area contributed by atoms with Crippen LogP contribution in [0.15, 0.2) is 18.3 Å². The zero-order valence-electron chi connectivity index (χ0n) is 10.0. The molecule has 2 heterocycles. The summed E-state index contributed by atoms with van der Waals surface area (Å²) in [6.07, 6.45) is -2.28. The molecular formula is C12H9F4N3O. The third-order valence-electron chi connectivity index (χ3n) is 3.07. The first-order valence-electron chi connectivity index (χ1n) is 5.92. The summed E-state index contributed by atoms with van der Waals surface area (Å²) in [4.78, 5) is 14.9. The summed E-state index contributed by atoms with van der Waals surface area (Å²) in [6, 6.07) is 2.51. The van der Waals surface area contributed by atoms with Crippen LogP contribution in [0.3, 0.4) is 0 Å². The summed E-state index contributed by atoms with van der Waals surface area (Å²) in [6.45, 7) is 0. The first kappa shape index (κ1) is 12.9. The van der Waals surface area contributed by atoms with E-state index in [0.717, 1.165) is 25.1 Å². The van der Waals surface area contributed by atoms with Crippen LogP contribution in [0.1, 0.15) is 24.5 Å². The number of hydrogen-bond acceptors (Lipinski definition) is 2. The van der Waals surface area contributed by atoms with Gasteiger partial charge < -0.3 is 5.32 Å². The summed E-state index contributed by atoms with van der Waals surface area (Å²) in [5, 5.41) is 1.76. The molecule has 0 spiro atoms. The molecule has 0 saturated heterocycles. The molecule has 1 aliphatic rings. The summed E-state index contributed by atoms with van der Waals surface area (Å²) in [7, 11) is 0. The number of aromatic nitrogens is 2. The van der Waals surface area contributed by atoms with Gasteiger partial charge in [-0.1, -0.05) is 0 Å². The van der Waals surface area contributed by atoms with Gasteiger partial charge in [0.2, 0.25) is 0 Å². The van der Waals surface area contributed by atoms with Crippen molar-refractivity contribution in [2.75, 3.05) is 5.32 Å². The minimum Gasteiger partial charge on any atom is -0.301 e. The van der Waals surface area contributed by atoms with E-state index in [1.54, 1.807) is 5.32 Å². The zero-order chi connectivity index (χ0) is 14.5. The number of rotatable bonds is 2. The zero-order valence-corrected chi connectivity index (χ0v) is 10.0. The molecule has 3 rings (SSSR count). The van der Waals surface area contributed by atoms with Crippen molar-refractivity contribution in [1.82, 2.24) is 9.38 Å². The molecule has 0 aliphatic heterocycles. The van der Waals surface area contributed by atoms with Crippen molar-refractivity contribution in [3.8, 4) is 0 Å². The van der Waals surface area contributed by atoms with Gasteiger partial charge in [-0.3, -0.25) is 9.20 Å². The third kappa shape index (κ3) is 2.21. The first-order valence-corrected chi connectivity index (χ1v) is 5.92. The number of carbonyl (C=O) groups excluding carboxylic acids is 1. The average molecular weight is 287 g/mol. The van der Waals surface area contributed by atoms with Crippen LogP contribution >= 0.6 is 0 Å². The number of carbonyl (C=O) groups is 1. The van der Waals surface area contributed by atoms with E-state index in [9.17, 15) is 22.4 Å². The molecule has 8 heteroatoms. The van der Waals surface area contributed by atoms with E-state index in [1.807, 2.05) is 0 Å². The highest BCUT2D eigenvalue weighted by atomic mass is 19.4. The van der Waals surface area contributed by atoms with Crippen molar-refractivity contribution >= 4 is 17.4 Å². The fourth-order valence-electron chi connectivity index (χ4n) is 2.05. The minimum absolute atomic E-state index is 0.00432. The molecule has 20 heavy (non-hydrogen) atoms. The van der Waals surface area contributed by atoms with E-state index < -0.39 is 17.9 Å². The molecule has 0 bridgehead atoms. The maximum absolute atomic E-state index is 13.2. The minimum atomic E-state index is -4.98. The predicted molar refractivity (Wildman–Crippen MR) is 61.8 cm³/mol. The van der Waals surface area contributed by atoms with E-state index in [0.29, 0.717) is 11.3 Å². The van der Waals surface area contributed by atoms with Crippen molar-refractivity contribution in [1.29, 1.82) is 0 Å². The SMILES string of the molecule is O=C(Nc1nc2ccc(F)cn2c1C1CC1)C(F)(F)F. The van der Waals surface area contributed by atoms with Crippen molar-refractivity contribution in [2.24, 2.45) is 0 Å². The van der Waals surface area contributed by atoms with Crippen LogP contribution in [-0.2, 0) is 4.79 Å². The quantitative estimate of drug-likeness (QED) is 0.863.